The Balaban J connectivity index is 2.93. The van der Waals surface area contributed by atoms with E-state index in [1.807, 2.05) is 0 Å². The molecule has 13 heavy (non-hydrogen) atoms. The Morgan fingerprint density at radius 1 is 1.85 bits per heavy atom. The van der Waals surface area contributed by atoms with Gasteiger partial charge in [0.1, 0.15) is 11.9 Å². The Bertz CT molecular complexity index is 319. The fourth-order valence-corrected chi connectivity index (χ4v) is 1.10. The molecule has 6 heteroatoms. The predicted molar refractivity (Wildman–Crippen MR) is 45.2 cm³/mol. The Kier molecular flexibility index (Phi) is 2.62. The van der Waals surface area contributed by atoms with Crippen LogP contribution in [0.1, 0.15) is 12.6 Å². The lowest BCUT2D eigenvalue weighted by molar-refractivity contribution is -0.396. The van der Waals surface area contributed by atoms with Crippen LogP contribution in [0.5, 0.6) is 0 Å². The molecule has 1 aromatic heterocycles. The highest BCUT2D eigenvalue weighted by Crippen LogP contribution is 2.11. The Hall–Kier alpha value is -1.43. The van der Waals surface area contributed by atoms with E-state index in [1.165, 1.54) is 10.8 Å². The molecule has 1 N–H and O–H groups in total. The quantitative estimate of drug-likeness (QED) is 0.540. The molecule has 1 aromatic rings. The third-order valence-electron chi connectivity index (χ3n) is 1.73. The number of aromatic nitrogens is 2. The zero-order valence-corrected chi connectivity index (χ0v) is 7.47. The van der Waals surface area contributed by atoms with Crippen molar-refractivity contribution in [2.24, 2.45) is 7.05 Å². The first-order valence-electron chi connectivity index (χ1n) is 3.85. The lowest BCUT2D eigenvalue weighted by atomic mass is 10.2. The molecule has 0 aliphatic rings. The van der Waals surface area contributed by atoms with E-state index in [4.69, 9.17) is 5.11 Å². The van der Waals surface area contributed by atoms with Gasteiger partial charge in [-0.2, -0.15) is 0 Å². The zero-order valence-electron chi connectivity index (χ0n) is 7.47. The second kappa shape index (κ2) is 3.53. The van der Waals surface area contributed by atoms with Gasteiger partial charge in [-0.3, -0.25) is 0 Å². The second-order valence-electron chi connectivity index (χ2n) is 2.92. The van der Waals surface area contributed by atoms with Crippen molar-refractivity contribution >= 4 is 5.95 Å². The predicted octanol–water partition coefficient (Wildman–Crippen LogP) is 0.252. The van der Waals surface area contributed by atoms with Crippen molar-refractivity contribution < 1.29 is 10.0 Å². The largest absolute Gasteiger partial charge is 0.434 e. The number of nitrogens with zero attached hydrogens (tertiary/aromatic N) is 3. The summed E-state index contributed by atoms with van der Waals surface area (Å²) in [6.07, 6.45) is 1.26. The monoisotopic (exact) mass is 185 g/mol. The van der Waals surface area contributed by atoms with Gasteiger partial charge >= 0.3 is 5.95 Å². The molecule has 0 spiro atoms. The molecule has 1 heterocycles. The first-order chi connectivity index (χ1) is 6.02. The summed E-state index contributed by atoms with van der Waals surface area (Å²) in [4.78, 5) is 13.5. The van der Waals surface area contributed by atoms with Crippen molar-refractivity contribution in [2.45, 2.75) is 19.4 Å². The zero-order chi connectivity index (χ0) is 10.0. The summed E-state index contributed by atoms with van der Waals surface area (Å²) < 4.78 is 1.37. The summed E-state index contributed by atoms with van der Waals surface area (Å²) in [6, 6.07) is 0. The summed E-state index contributed by atoms with van der Waals surface area (Å²) in [7, 11) is 1.56. The molecule has 0 saturated heterocycles. The topological polar surface area (TPSA) is 81.2 Å². The van der Waals surface area contributed by atoms with Gasteiger partial charge in [0.2, 0.25) is 0 Å². The highest BCUT2D eigenvalue weighted by molar-refractivity contribution is 5.14. The van der Waals surface area contributed by atoms with Gasteiger partial charge in [0.15, 0.2) is 0 Å². The van der Waals surface area contributed by atoms with E-state index < -0.39 is 11.0 Å². The summed E-state index contributed by atoms with van der Waals surface area (Å²) in [5.74, 6) is -0.198. The number of aliphatic hydroxyl groups excluding tert-OH is 1. The van der Waals surface area contributed by atoms with Gasteiger partial charge in [-0.25, -0.2) is 4.57 Å². The first-order valence-corrected chi connectivity index (χ1v) is 3.85. The van der Waals surface area contributed by atoms with Gasteiger partial charge < -0.3 is 15.2 Å². The molecule has 1 unspecified atom stereocenters. The molecule has 0 bridgehead atoms. The van der Waals surface area contributed by atoms with Crippen LogP contribution in [-0.2, 0) is 13.5 Å². The molecule has 0 radical (unpaired) electrons. The lowest BCUT2D eigenvalue weighted by Gasteiger charge is -2.01. The van der Waals surface area contributed by atoms with Gasteiger partial charge in [-0.1, -0.05) is 4.98 Å². The van der Waals surface area contributed by atoms with Crippen LogP contribution in [0.3, 0.4) is 0 Å². The van der Waals surface area contributed by atoms with Crippen LogP contribution in [0.2, 0.25) is 0 Å². The van der Waals surface area contributed by atoms with Crippen LogP contribution in [0.15, 0.2) is 6.20 Å². The average Bonchev–Trinajstić information content (AvgIpc) is 2.32. The fourth-order valence-electron chi connectivity index (χ4n) is 1.10. The van der Waals surface area contributed by atoms with E-state index in [1.54, 1.807) is 14.0 Å². The number of aliphatic hydroxyl groups is 1. The van der Waals surface area contributed by atoms with Crippen molar-refractivity contribution in [1.29, 1.82) is 0 Å². The van der Waals surface area contributed by atoms with E-state index >= 15 is 0 Å². The summed E-state index contributed by atoms with van der Waals surface area (Å²) >= 11 is 0. The van der Waals surface area contributed by atoms with Crippen molar-refractivity contribution in [3.05, 3.63) is 22.0 Å². The maximum atomic E-state index is 10.4. The Labute approximate surface area is 75.0 Å². The van der Waals surface area contributed by atoms with E-state index in [2.05, 4.69) is 4.98 Å². The minimum atomic E-state index is -0.550. The summed E-state index contributed by atoms with van der Waals surface area (Å²) in [5.41, 5.74) is 0.654. The summed E-state index contributed by atoms with van der Waals surface area (Å²) in [5, 5.41) is 19.4. The Morgan fingerprint density at radius 3 is 2.85 bits per heavy atom. The molecule has 6 nitrogen and oxygen atoms in total. The number of hydrogen-bond donors (Lipinski definition) is 1. The van der Waals surface area contributed by atoms with Crippen molar-refractivity contribution in [3.63, 3.8) is 0 Å². The summed E-state index contributed by atoms with van der Waals surface area (Å²) in [6.45, 7) is 1.62. The number of imidazole rings is 1. The first kappa shape index (κ1) is 9.66. The highest BCUT2D eigenvalue weighted by atomic mass is 16.6. The maximum Gasteiger partial charge on any atom is 0.434 e. The van der Waals surface area contributed by atoms with Crippen LogP contribution in [0.25, 0.3) is 0 Å². The third-order valence-corrected chi connectivity index (χ3v) is 1.73. The van der Waals surface area contributed by atoms with Gasteiger partial charge in [-0.15, -0.1) is 0 Å². The molecule has 0 aromatic carbocycles. The molecule has 0 saturated carbocycles. The van der Waals surface area contributed by atoms with Gasteiger partial charge in [-0.05, 0) is 11.8 Å². The van der Waals surface area contributed by atoms with Crippen LogP contribution in [0, 0.1) is 10.1 Å². The SMILES string of the molecule is CC(O)Cc1cnc([N+](=O)[O-])n1C. The molecule has 0 amide bonds. The minimum absolute atomic E-state index is 0.198. The second-order valence-corrected chi connectivity index (χ2v) is 2.92. The van der Waals surface area contributed by atoms with Crippen molar-refractivity contribution in [2.75, 3.05) is 0 Å². The smallest absolute Gasteiger partial charge is 0.393 e. The van der Waals surface area contributed by atoms with Crippen molar-refractivity contribution in [1.82, 2.24) is 9.55 Å². The van der Waals surface area contributed by atoms with Gasteiger partial charge in [0.25, 0.3) is 0 Å². The average molecular weight is 185 g/mol. The number of rotatable bonds is 3. The van der Waals surface area contributed by atoms with Crippen LogP contribution >= 0.6 is 0 Å². The molecule has 1 atom stereocenters. The molecule has 72 valence electrons. The lowest BCUT2D eigenvalue weighted by Crippen LogP contribution is -2.09. The standard InChI is InChI=1S/C7H11N3O3/c1-5(11)3-6-4-8-7(9(6)2)10(12)13/h4-5,11H,3H2,1-2H3. The molecular weight excluding hydrogens is 174 g/mol. The number of nitro groups is 1. The molecule has 0 aliphatic carbocycles. The Morgan fingerprint density at radius 2 is 2.46 bits per heavy atom. The van der Waals surface area contributed by atoms with E-state index in [-0.39, 0.29) is 5.95 Å². The van der Waals surface area contributed by atoms with Crippen LogP contribution in [-0.4, -0.2) is 25.7 Å². The highest BCUT2D eigenvalue weighted by Gasteiger charge is 2.17. The van der Waals surface area contributed by atoms with Crippen LogP contribution < -0.4 is 0 Å². The normalized spacial score (nSPS) is 12.8. The van der Waals surface area contributed by atoms with E-state index in [0.717, 1.165) is 0 Å². The van der Waals surface area contributed by atoms with Gasteiger partial charge in [0, 0.05) is 6.42 Å². The van der Waals surface area contributed by atoms with Crippen LogP contribution in [0.4, 0.5) is 5.95 Å². The molecule has 0 fully saturated rings. The molecule has 0 aliphatic heterocycles. The van der Waals surface area contributed by atoms with Crippen molar-refractivity contribution in [3.8, 4) is 0 Å². The fraction of sp³-hybridized carbons (Fsp3) is 0.571. The van der Waals surface area contributed by atoms with Gasteiger partial charge in [0.05, 0.1) is 13.2 Å². The van der Waals surface area contributed by atoms with E-state index in [0.29, 0.717) is 12.1 Å². The maximum absolute atomic E-state index is 10.4. The third kappa shape index (κ3) is 2.03. The molecular formula is C7H11N3O3. The number of hydrogen-bond acceptors (Lipinski definition) is 4. The van der Waals surface area contributed by atoms with E-state index in [9.17, 15) is 10.1 Å². The minimum Gasteiger partial charge on any atom is -0.393 e. The molecule has 1 rings (SSSR count).